The summed E-state index contributed by atoms with van der Waals surface area (Å²) in [6.07, 6.45) is 0. The Labute approximate surface area is 173 Å². The largest absolute Gasteiger partial charge is 0.508 e. The third-order valence-electron chi connectivity index (χ3n) is 3.17. The van der Waals surface area contributed by atoms with E-state index in [1.54, 1.807) is 0 Å². The molecule has 136 valence electrons. The third-order valence-corrected chi connectivity index (χ3v) is 6.14. The number of phenols is 2. The lowest BCUT2D eigenvalue weighted by Crippen LogP contribution is -2.08. The molecule has 0 radical (unpaired) electrons. The van der Waals surface area contributed by atoms with Gasteiger partial charge < -0.3 is 10.2 Å². The van der Waals surface area contributed by atoms with Gasteiger partial charge in [0.1, 0.15) is 11.5 Å². The van der Waals surface area contributed by atoms with Crippen molar-refractivity contribution in [1.82, 2.24) is 0 Å². The zero-order chi connectivity index (χ0) is 19.2. The van der Waals surface area contributed by atoms with Crippen LogP contribution >= 0.6 is 69.6 Å². The maximum atomic E-state index is 12.8. The van der Waals surface area contributed by atoms with Gasteiger partial charge in [-0.1, -0.05) is 69.6 Å². The van der Waals surface area contributed by atoms with Crippen LogP contribution in [0.3, 0.4) is 0 Å². The molecule has 0 saturated heterocycles. The molecular weight excluding hydrogens is 477 g/mol. The average Bonchev–Trinajstić information content (AvgIpc) is 2.45. The molecule has 2 rings (SSSR count). The lowest BCUT2D eigenvalue weighted by atomic mass is 10.2. The Bertz CT molecular complexity index is 846. The first-order chi connectivity index (χ1) is 11.2. The molecule has 2 aromatic rings. The van der Waals surface area contributed by atoms with Gasteiger partial charge in [-0.2, -0.15) is 0 Å². The van der Waals surface area contributed by atoms with Crippen molar-refractivity contribution in [3.05, 3.63) is 47.5 Å². The predicted octanol–water partition coefficient (Wildman–Crippen LogP) is 5.58. The van der Waals surface area contributed by atoms with Crippen molar-refractivity contribution >= 4 is 79.4 Å². The van der Waals surface area contributed by atoms with Crippen LogP contribution in [-0.2, 0) is 17.4 Å². The molecule has 2 N–H and O–H groups in total. The van der Waals surface area contributed by atoms with Gasteiger partial charge in [0.2, 0.25) is 17.4 Å². The number of hydrogen-bond donors (Lipinski definition) is 2. The number of hydrogen-bond acceptors (Lipinski definition) is 4. The minimum Gasteiger partial charge on any atom is -0.508 e. The molecule has 0 aliphatic rings. The SMILES string of the molecule is O=S(=O)(c1ccc(O)c(C(Cl)(Cl)Cl)c1)c1ccc(O)c(C(Cl)(Cl)Cl)c1. The van der Waals surface area contributed by atoms with Crippen LogP contribution in [0.2, 0.25) is 0 Å². The van der Waals surface area contributed by atoms with E-state index in [2.05, 4.69) is 0 Å². The van der Waals surface area contributed by atoms with Crippen molar-refractivity contribution < 1.29 is 18.6 Å². The van der Waals surface area contributed by atoms with Crippen molar-refractivity contribution in [2.24, 2.45) is 0 Å². The van der Waals surface area contributed by atoms with Crippen LogP contribution in [0.5, 0.6) is 11.5 Å². The summed E-state index contributed by atoms with van der Waals surface area (Å²) < 4.78 is 21.5. The summed E-state index contributed by atoms with van der Waals surface area (Å²) >= 11 is 34.4. The van der Waals surface area contributed by atoms with Crippen molar-refractivity contribution in [2.45, 2.75) is 17.4 Å². The van der Waals surface area contributed by atoms with Gasteiger partial charge in [-0.3, -0.25) is 0 Å². The molecule has 0 amide bonds. The Kier molecular flexibility index (Phi) is 5.92. The molecule has 25 heavy (non-hydrogen) atoms. The molecule has 0 bridgehead atoms. The minimum absolute atomic E-state index is 0.209. The number of benzene rings is 2. The Balaban J connectivity index is 2.65. The highest BCUT2D eigenvalue weighted by Crippen LogP contribution is 2.45. The van der Waals surface area contributed by atoms with Crippen LogP contribution in [0.25, 0.3) is 0 Å². The van der Waals surface area contributed by atoms with Crippen molar-refractivity contribution in [3.8, 4) is 11.5 Å². The second-order valence-corrected chi connectivity index (χ2v) is 11.4. The molecule has 0 saturated carbocycles. The molecule has 0 aliphatic carbocycles. The van der Waals surface area contributed by atoms with E-state index in [9.17, 15) is 18.6 Å². The van der Waals surface area contributed by atoms with Gasteiger partial charge >= 0.3 is 0 Å². The first kappa shape index (κ1) is 21.0. The van der Waals surface area contributed by atoms with Gasteiger partial charge in [0, 0.05) is 11.1 Å². The highest BCUT2D eigenvalue weighted by molar-refractivity contribution is 7.91. The normalized spacial score (nSPS) is 13.0. The molecule has 0 heterocycles. The summed E-state index contributed by atoms with van der Waals surface area (Å²) in [5.41, 5.74) is -0.419. The minimum atomic E-state index is -4.11. The fourth-order valence-electron chi connectivity index (χ4n) is 1.95. The summed E-state index contributed by atoms with van der Waals surface area (Å²) in [5.74, 6) is -0.765. The molecule has 2 aromatic carbocycles. The number of alkyl halides is 6. The highest BCUT2D eigenvalue weighted by Gasteiger charge is 2.31. The first-order valence-electron chi connectivity index (χ1n) is 6.30. The maximum absolute atomic E-state index is 12.8. The summed E-state index contributed by atoms with van der Waals surface area (Å²) in [6.45, 7) is 0. The third kappa shape index (κ3) is 4.53. The zero-order valence-electron chi connectivity index (χ0n) is 11.9. The highest BCUT2D eigenvalue weighted by atomic mass is 35.6. The van der Waals surface area contributed by atoms with Gasteiger partial charge in [-0.05, 0) is 36.4 Å². The smallest absolute Gasteiger partial charge is 0.219 e. The van der Waals surface area contributed by atoms with Crippen LogP contribution in [0.1, 0.15) is 11.1 Å². The molecule has 0 aromatic heterocycles. The van der Waals surface area contributed by atoms with Gasteiger partial charge in [-0.25, -0.2) is 8.42 Å². The van der Waals surface area contributed by atoms with Crippen molar-refractivity contribution in [2.75, 3.05) is 0 Å². The second-order valence-electron chi connectivity index (χ2n) is 4.86. The Hall–Kier alpha value is -0.270. The fraction of sp³-hybridized carbons (Fsp3) is 0.143. The van der Waals surface area contributed by atoms with Crippen LogP contribution in [0.15, 0.2) is 46.2 Å². The standard InChI is InChI=1S/C14H8Cl6O4S/c15-13(16,17)9-5-7(1-3-11(9)21)25(23,24)8-2-4-12(22)10(6-8)14(18,19)20/h1-6,21-22H. The summed E-state index contributed by atoms with van der Waals surface area (Å²) in [6, 6.07) is 6.48. The number of sulfone groups is 1. The molecule has 4 nitrogen and oxygen atoms in total. The van der Waals surface area contributed by atoms with Crippen LogP contribution in [0.4, 0.5) is 0 Å². The van der Waals surface area contributed by atoms with Crippen molar-refractivity contribution in [3.63, 3.8) is 0 Å². The van der Waals surface area contributed by atoms with E-state index in [1.165, 1.54) is 0 Å². The zero-order valence-corrected chi connectivity index (χ0v) is 17.2. The second kappa shape index (κ2) is 7.04. The van der Waals surface area contributed by atoms with E-state index in [4.69, 9.17) is 69.6 Å². The summed E-state index contributed by atoms with van der Waals surface area (Å²) in [5, 5.41) is 19.5. The van der Waals surface area contributed by atoms with Gasteiger partial charge in [0.25, 0.3) is 0 Å². The lowest BCUT2D eigenvalue weighted by molar-refractivity contribution is 0.468. The topological polar surface area (TPSA) is 74.6 Å². The van der Waals surface area contributed by atoms with Gasteiger partial charge in [0.05, 0.1) is 9.79 Å². The Morgan fingerprint density at radius 2 is 1.00 bits per heavy atom. The molecule has 0 atom stereocenters. The van der Waals surface area contributed by atoms with Crippen LogP contribution < -0.4 is 0 Å². The number of phenolic OH excluding ortho intramolecular Hbond substituents is 2. The quantitative estimate of drug-likeness (QED) is 0.545. The molecule has 0 aliphatic heterocycles. The number of halogens is 6. The first-order valence-corrected chi connectivity index (χ1v) is 10.0. The molecule has 0 unspecified atom stereocenters. The van der Waals surface area contributed by atoms with E-state index in [0.717, 1.165) is 36.4 Å². The summed E-state index contributed by atoms with van der Waals surface area (Å²) in [4.78, 5) is -0.514. The Morgan fingerprint density at radius 1 is 0.680 bits per heavy atom. The van der Waals surface area contributed by atoms with Crippen LogP contribution in [0, 0.1) is 0 Å². The van der Waals surface area contributed by atoms with Crippen LogP contribution in [-0.4, -0.2) is 18.6 Å². The molecule has 11 heteroatoms. The Morgan fingerprint density at radius 3 is 1.28 bits per heavy atom. The van der Waals surface area contributed by atoms with Gasteiger partial charge in [-0.15, -0.1) is 0 Å². The van der Waals surface area contributed by atoms with E-state index >= 15 is 0 Å². The lowest BCUT2D eigenvalue weighted by Gasteiger charge is -2.16. The van der Waals surface area contributed by atoms with E-state index in [1.807, 2.05) is 0 Å². The number of aromatic hydroxyl groups is 2. The van der Waals surface area contributed by atoms with Crippen molar-refractivity contribution in [1.29, 1.82) is 0 Å². The van der Waals surface area contributed by atoms with E-state index in [0.29, 0.717) is 0 Å². The predicted molar refractivity (Wildman–Crippen MR) is 100 cm³/mol. The van der Waals surface area contributed by atoms with E-state index < -0.39 is 17.4 Å². The monoisotopic (exact) mass is 482 g/mol. The fourth-order valence-corrected chi connectivity index (χ4v) is 4.18. The number of rotatable bonds is 2. The molecular formula is C14H8Cl6O4S. The molecule has 0 fully saturated rings. The molecule has 0 spiro atoms. The summed E-state index contributed by atoms with van der Waals surface area (Å²) in [7, 11) is -4.11. The maximum Gasteiger partial charge on any atom is 0.219 e. The van der Waals surface area contributed by atoms with Gasteiger partial charge in [0.15, 0.2) is 0 Å². The van der Waals surface area contributed by atoms with E-state index in [-0.39, 0.29) is 32.4 Å². The average molecular weight is 485 g/mol.